The van der Waals surface area contributed by atoms with Crippen molar-refractivity contribution in [3.05, 3.63) is 41.5 Å². The van der Waals surface area contributed by atoms with Crippen molar-refractivity contribution in [3.63, 3.8) is 0 Å². The van der Waals surface area contributed by atoms with Gasteiger partial charge in [-0.15, -0.1) is 24.0 Å². The number of halogens is 1. The van der Waals surface area contributed by atoms with Crippen LogP contribution in [-0.4, -0.2) is 54.8 Å². The van der Waals surface area contributed by atoms with Gasteiger partial charge in [0.25, 0.3) is 0 Å². The van der Waals surface area contributed by atoms with Crippen LogP contribution in [0.15, 0.2) is 33.8 Å². The molecule has 0 saturated carbocycles. The van der Waals surface area contributed by atoms with E-state index >= 15 is 0 Å². The SMILES string of the molecule is CN=C(NCc1nc(C)no1)NCC(c1ccccc1OC)N1CCCC1.I. The van der Waals surface area contributed by atoms with E-state index < -0.39 is 0 Å². The standard InChI is InChI=1S/C19H28N6O2.HI/c1-14-23-18(27-24-14)13-22-19(20-2)21-12-16(25-10-6-7-11-25)15-8-4-5-9-17(15)26-3;/h4-5,8-9,16H,6-7,10-13H2,1-3H3,(H2,20,21,22);1H. The fourth-order valence-corrected chi connectivity index (χ4v) is 3.42. The minimum absolute atomic E-state index is 0. The lowest BCUT2D eigenvalue weighted by atomic mass is 10.0. The number of hydrogen-bond donors (Lipinski definition) is 2. The first-order valence-corrected chi connectivity index (χ1v) is 9.32. The number of methoxy groups -OCH3 is 1. The second-order valence-electron chi connectivity index (χ2n) is 6.54. The van der Waals surface area contributed by atoms with Crippen LogP contribution in [-0.2, 0) is 6.54 Å². The quantitative estimate of drug-likeness (QED) is 0.343. The fraction of sp³-hybridized carbons (Fsp3) is 0.526. The van der Waals surface area contributed by atoms with Gasteiger partial charge in [0, 0.05) is 19.2 Å². The molecule has 0 aliphatic carbocycles. The average Bonchev–Trinajstić information content (AvgIpc) is 3.36. The van der Waals surface area contributed by atoms with E-state index in [9.17, 15) is 0 Å². The van der Waals surface area contributed by atoms with Crippen LogP contribution in [0.2, 0.25) is 0 Å². The Balaban J connectivity index is 0.00000280. The molecule has 8 nitrogen and oxygen atoms in total. The molecular weight excluding hydrogens is 471 g/mol. The lowest BCUT2D eigenvalue weighted by Gasteiger charge is -2.29. The average molecular weight is 500 g/mol. The van der Waals surface area contributed by atoms with Gasteiger partial charge in [0.1, 0.15) is 5.75 Å². The van der Waals surface area contributed by atoms with Crippen LogP contribution >= 0.6 is 24.0 Å². The third-order valence-corrected chi connectivity index (χ3v) is 4.74. The molecule has 1 atom stereocenters. The summed E-state index contributed by atoms with van der Waals surface area (Å²) in [6, 6.07) is 8.44. The molecule has 2 aromatic rings. The third-order valence-electron chi connectivity index (χ3n) is 4.74. The van der Waals surface area contributed by atoms with Crippen molar-refractivity contribution in [2.45, 2.75) is 32.4 Å². The highest BCUT2D eigenvalue weighted by molar-refractivity contribution is 14.0. The van der Waals surface area contributed by atoms with Gasteiger partial charge in [-0.2, -0.15) is 4.98 Å². The summed E-state index contributed by atoms with van der Waals surface area (Å²) in [6.45, 7) is 5.15. The van der Waals surface area contributed by atoms with Crippen LogP contribution in [0.3, 0.4) is 0 Å². The van der Waals surface area contributed by atoms with Crippen LogP contribution in [0.1, 0.15) is 36.2 Å². The Morgan fingerprint density at radius 3 is 2.68 bits per heavy atom. The predicted molar refractivity (Wildman–Crippen MR) is 119 cm³/mol. The number of guanidine groups is 1. The highest BCUT2D eigenvalue weighted by Gasteiger charge is 2.26. The summed E-state index contributed by atoms with van der Waals surface area (Å²) in [5, 5.41) is 10.4. The van der Waals surface area contributed by atoms with E-state index in [1.807, 2.05) is 12.1 Å². The first kappa shape index (κ1) is 22.4. The van der Waals surface area contributed by atoms with Gasteiger partial charge in [-0.1, -0.05) is 23.4 Å². The summed E-state index contributed by atoms with van der Waals surface area (Å²) in [7, 11) is 3.47. The minimum Gasteiger partial charge on any atom is -0.496 e. The molecular formula is C19H29IN6O2. The number of aryl methyl sites for hydroxylation is 1. The third kappa shape index (κ3) is 5.81. The Hall–Kier alpha value is -1.88. The summed E-state index contributed by atoms with van der Waals surface area (Å²) < 4.78 is 10.7. The van der Waals surface area contributed by atoms with E-state index in [0.717, 1.165) is 25.4 Å². The number of para-hydroxylation sites is 1. The van der Waals surface area contributed by atoms with E-state index in [4.69, 9.17) is 9.26 Å². The van der Waals surface area contributed by atoms with Crippen molar-refractivity contribution in [1.82, 2.24) is 25.7 Å². The van der Waals surface area contributed by atoms with E-state index in [-0.39, 0.29) is 30.0 Å². The van der Waals surface area contributed by atoms with E-state index in [1.165, 1.54) is 18.4 Å². The zero-order valence-electron chi connectivity index (χ0n) is 16.6. The lowest BCUT2D eigenvalue weighted by Crippen LogP contribution is -2.42. The first-order chi connectivity index (χ1) is 13.2. The van der Waals surface area contributed by atoms with Gasteiger partial charge in [-0.3, -0.25) is 9.89 Å². The van der Waals surface area contributed by atoms with Gasteiger partial charge >= 0.3 is 0 Å². The summed E-state index contributed by atoms with van der Waals surface area (Å²) in [4.78, 5) is 11.0. The Bertz CT molecular complexity index is 760. The molecule has 1 unspecified atom stereocenters. The van der Waals surface area contributed by atoms with Crippen LogP contribution in [0.4, 0.5) is 0 Å². The van der Waals surface area contributed by atoms with E-state index in [0.29, 0.717) is 24.2 Å². The maximum Gasteiger partial charge on any atom is 0.246 e. The number of hydrogen-bond acceptors (Lipinski definition) is 6. The predicted octanol–water partition coefficient (Wildman–Crippen LogP) is 2.51. The number of aliphatic imine (C=N–C) groups is 1. The van der Waals surface area contributed by atoms with Crippen molar-refractivity contribution >= 4 is 29.9 Å². The van der Waals surface area contributed by atoms with Crippen LogP contribution in [0.5, 0.6) is 5.75 Å². The summed E-state index contributed by atoms with van der Waals surface area (Å²) >= 11 is 0. The molecule has 2 N–H and O–H groups in total. The Labute approximate surface area is 183 Å². The molecule has 1 saturated heterocycles. The molecule has 1 aliphatic heterocycles. The fourth-order valence-electron chi connectivity index (χ4n) is 3.42. The molecule has 154 valence electrons. The molecule has 1 aromatic heterocycles. The van der Waals surface area contributed by atoms with Gasteiger partial charge in [0.2, 0.25) is 5.89 Å². The number of benzene rings is 1. The molecule has 1 aromatic carbocycles. The number of rotatable bonds is 7. The maximum absolute atomic E-state index is 5.60. The lowest BCUT2D eigenvalue weighted by molar-refractivity contribution is 0.239. The van der Waals surface area contributed by atoms with Crippen molar-refractivity contribution in [2.24, 2.45) is 4.99 Å². The zero-order valence-corrected chi connectivity index (χ0v) is 19.0. The van der Waals surface area contributed by atoms with Gasteiger partial charge in [-0.05, 0) is 38.9 Å². The molecule has 3 rings (SSSR count). The number of nitrogens with one attached hydrogen (secondary N) is 2. The van der Waals surface area contributed by atoms with Crippen molar-refractivity contribution in [2.75, 3.05) is 33.8 Å². The molecule has 0 radical (unpaired) electrons. The topological polar surface area (TPSA) is 87.8 Å². The normalized spacial score (nSPS) is 15.8. The van der Waals surface area contributed by atoms with Crippen molar-refractivity contribution in [1.29, 1.82) is 0 Å². The van der Waals surface area contributed by atoms with E-state index in [1.54, 1.807) is 21.1 Å². The molecule has 28 heavy (non-hydrogen) atoms. The molecule has 0 bridgehead atoms. The summed E-state index contributed by atoms with van der Waals surface area (Å²) in [6.07, 6.45) is 2.46. The molecule has 9 heteroatoms. The highest BCUT2D eigenvalue weighted by atomic mass is 127. The maximum atomic E-state index is 5.60. The second kappa shape index (κ2) is 11.2. The van der Waals surface area contributed by atoms with Crippen molar-refractivity contribution in [3.8, 4) is 5.75 Å². The summed E-state index contributed by atoms with van der Waals surface area (Å²) in [5.74, 6) is 2.78. The highest BCUT2D eigenvalue weighted by Crippen LogP contribution is 2.31. The largest absolute Gasteiger partial charge is 0.496 e. The summed E-state index contributed by atoms with van der Waals surface area (Å²) in [5.41, 5.74) is 1.19. The van der Waals surface area contributed by atoms with Crippen molar-refractivity contribution < 1.29 is 9.26 Å². The van der Waals surface area contributed by atoms with Gasteiger partial charge < -0.3 is 19.9 Å². The monoisotopic (exact) mass is 500 g/mol. The van der Waals surface area contributed by atoms with E-state index in [2.05, 4.69) is 42.8 Å². The minimum atomic E-state index is 0. The first-order valence-electron chi connectivity index (χ1n) is 9.32. The van der Waals surface area contributed by atoms with Gasteiger partial charge in [0.05, 0.1) is 19.7 Å². The van der Waals surface area contributed by atoms with Gasteiger partial charge in [-0.25, -0.2) is 0 Å². The number of ether oxygens (including phenoxy) is 1. The van der Waals surface area contributed by atoms with Gasteiger partial charge in [0.15, 0.2) is 11.8 Å². The van der Waals surface area contributed by atoms with Crippen LogP contribution < -0.4 is 15.4 Å². The Kier molecular flexibility index (Phi) is 8.97. The van der Waals surface area contributed by atoms with Crippen LogP contribution in [0, 0.1) is 6.92 Å². The second-order valence-corrected chi connectivity index (χ2v) is 6.54. The molecule has 0 amide bonds. The Morgan fingerprint density at radius 2 is 2.04 bits per heavy atom. The van der Waals surface area contributed by atoms with Crippen LogP contribution in [0.25, 0.3) is 0 Å². The number of likely N-dealkylation sites (tertiary alicyclic amines) is 1. The number of nitrogens with zero attached hydrogens (tertiary/aromatic N) is 4. The molecule has 2 heterocycles. The smallest absolute Gasteiger partial charge is 0.246 e. The molecule has 0 spiro atoms. The molecule has 1 aliphatic rings. The molecule has 1 fully saturated rings. The number of aromatic nitrogens is 2. The zero-order chi connectivity index (χ0) is 19.1. The Morgan fingerprint density at radius 1 is 1.29 bits per heavy atom.